The average molecular weight is 169 g/mol. The van der Waals surface area contributed by atoms with Gasteiger partial charge in [0.25, 0.3) is 0 Å². The summed E-state index contributed by atoms with van der Waals surface area (Å²) in [5.74, 6) is 0. The molecular formula is C10H19NO. The molecule has 2 heteroatoms. The SMILES string of the molecule is C=CCCN1C(C)COCC1C. The molecule has 1 fully saturated rings. The summed E-state index contributed by atoms with van der Waals surface area (Å²) in [6.45, 7) is 11.1. The van der Waals surface area contributed by atoms with Gasteiger partial charge >= 0.3 is 0 Å². The largest absolute Gasteiger partial charge is 0.378 e. The van der Waals surface area contributed by atoms with Crippen molar-refractivity contribution in [3.8, 4) is 0 Å². The number of rotatable bonds is 3. The van der Waals surface area contributed by atoms with Gasteiger partial charge in [-0.1, -0.05) is 6.08 Å². The van der Waals surface area contributed by atoms with Gasteiger partial charge < -0.3 is 4.74 Å². The maximum absolute atomic E-state index is 5.44. The van der Waals surface area contributed by atoms with Crippen LogP contribution in [0.15, 0.2) is 12.7 Å². The summed E-state index contributed by atoms with van der Waals surface area (Å²) in [4.78, 5) is 2.49. The predicted molar refractivity (Wildman–Crippen MR) is 51.3 cm³/mol. The van der Waals surface area contributed by atoms with Crippen molar-refractivity contribution >= 4 is 0 Å². The van der Waals surface area contributed by atoms with E-state index in [0.717, 1.165) is 26.2 Å². The zero-order valence-corrected chi connectivity index (χ0v) is 8.12. The van der Waals surface area contributed by atoms with E-state index in [4.69, 9.17) is 4.74 Å². The monoisotopic (exact) mass is 169 g/mol. The first-order chi connectivity index (χ1) is 5.75. The van der Waals surface area contributed by atoms with Gasteiger partial charge in [-0.05, 0) is 20.3 Å². The van der Waals surface area contributed by atoms with Gasteiger partial charge in [-0.15, -0.1) is 6.58 Å². The minimum absolute atomic E-state index is 0.564. The summed E-state index contributed by atoms with van der Waals surface area (Å²) in [5.41, 5.74) is 0. The molecule has 0 aromatic heterocycles. The molecule has 1 aliphatic rings. The molecule has 1 heterocycles. The Labute approximate surface area is 75.2 Å². The predicted octanol–water partition coefficient (Wildman–Crippen LogP) is 1.67. The van der Waals surface area contributed by atoms with Gasteiger partial charge in [-0.2, -0.15) is 0 Å². The minimum Gasteiger partial charge on any atom is -0.378 e. The average Bonchev–Trinajstić information content (AvgIpc) is 2.04. The van der Waals surface area contributed by atoms with Crippen molar-refractivity contribution in [2.75, 3.05) is 19.8 Å². The van der Waals surface area contributed by atoms with Crippen LogP contribution in [-0.4, -0.2) is 36.7 Å². The fraction of sp³-hybridized carbons (Fsp3) is 0.800. The Morgan fingerprint density at radius 3 is 2.50 bits per heavy atom. The molecule has 12 heavy (non-hydrogen) atoms. The molecule has 1 rings (SSSR count). The van der Waals surface area contributed by atoms with Crippen LogP contribution in [0.4, 0.5) is 0 Å². The van der Waals surface area contributed by atoms with Gasteiger partial charge in [0.1, 0.15) is 0 Å². The fourth-order valence-electron chi connectivity index (χ4n) is 1.72. The first-order valence-corrected chi connectivity index (χ1v) is 4.70. The molecule has 2 nitrogen and oxygen atoms in total. The van der Waals surface area contributed by atoms with Crippen LogP contribution in [0.5, 0.6) is 0 Å². The number of ether oxygens (including phenoxy) is 1. The van der Waals surface area contributed by atoms with Crippen LogP contribution in [0, 0.1) is 0 Å². The molecule has 0 saturated carbocycles. The zero-order valence-electron chi connectivity index (χ0n) is 8.12. The molecule has 0 aromatic rings. The zero-order chi connectivity index (χ0) is 8.97. The first-order valence-electron chi connectivity index (χ1n) is 4.70. The Kier molecular flexibility index (Phi) is 3.76. The number of hydrogen-bond donors (Lipinski definition) is 0. The highest BCUT2D eigenvalue weighted by molar-refractivity contribution is 4.80. The lowest BCUT2D eigenvalue weighted by Gasteiger charge is -2.38. The molecule has 0 aliphatic carbocycles. The summed E-state index contributed by atoms with van der Waals surface area (Å²) in [5, 5.41) is 0. The van der Waals surface area contributed by atoms with E-state index in [1.807, 2.05) is 6.08 Å². The lowest BCUT2D eigenvalue weighted by Crippen LogP contribution is -2.49. The van der Waals surface area contributed by atoms with Gasteiger partial charge in [-0.25, -0.2) is 0 Å². The topological polar surface area (TPSA) is 12.5 Å². The Bertz CT molecular complexity index is 137. The quantitative estimate of drug-likeness (QED) is 0.596. The van der Waals surface area contributed by atoms with Crippen LogP contribution in [0.1, 0.15) is 20.3 Å². The van der Waals surface area contributed by atoms with Crippen molar-refractivity contribution in [3.63, 3.8) is 0 Å². The van der Waals surface area contributed by atoms with Crippen molar-refractivity contribution in [1.29, 1.82) is 0 Å². The number of morpholine rings is 1. The Balaban J connectivity index is 2.39. The fourth-order valence-corrected chi connectivity index (χ4v) is 1.72. The highest BCUT2D eigenvalue weighted by atomic mass is 16.5. The molecule has 0 radical (unpaired) electrons. The molecule has 0 spiro atoms. The van der Waals surface area contributed by atoms with E-state index in [-0.39, 0.29) is 0 Å². The minimum atomic E-state index is 0.564. The summed E-state index contributed by atoms with van der Waals surface area (Å²) in [6, 6.07) is 1.13. The second-order valence-corrected chi connectivity index (χ2v) is 3.55. The Morgan fingerprint density at radius 2 is 2.00 bits per heavy atom. The van der Waals surface area contributed by atoms with E-state index in [2.05, 4.69) is 25.3 Å². The van der Waals surface area contributed by atoms with Gasteiger partial charge in [0.15, 0.2) is 0 Å². The smallest absolute Gasteiger partial charge is 0.0620 e. The van der Waals surface area contributed by atoms with Crippen molar-refractivity contribution < 1.29 is 4.74 Å². The third-order valence-electron chi connectivity index (χ3n) is 2.44. The van der Waals surface area contributed by atoms with Gasteiger partial charge in [-0.3, -0.25) is 4.90 Å². The molecular weight excluding hydrogens is 150 g/mol. The molecule has 2 atom stereocenters. The molecule has 1 saturated heterocycles. The summed E-state index contributed by atoms with van der Waals surface area (Å²) in [7, 11) is 0. The molecule has 0 amide bonds. The highest BCUT2D eigenvalue weighted by Gasteiger charge is 2.23. The third kappa shape index (κ3) is 2.32. The summed E-state index contributed by atoms with van der Waals surface area (Å²) >= 11 is 0. The van der Waals surface area contributed by atoms with Crippen molar-refractivity contribution in [3.05, 3.63) is 12.7 Å². The number of hydrogen-bond acceptors (Lipinski definition) is 2. The summed E-state index contributed by atoms with van der Waals surface area (Å²) in [6.07, 6.45) is 3.06. The van der Waals surface area contributed by atoms with Crippen LogP contribution in [0.2, 0.25) is 0 Å². The third-order valence-corrected chi connectivity index (χ3v) is 2.44. The highest BCUT2D eigenvalue weighted by Crippen LogP contribution is 2.12. The van der Waals surface area contributed by atoms with Crippen LogP contribution < -0.4 is 0 Å². The van der Waals surface area contributed by atoms with E-state index in [0.29, 0.717) is 12.1 Å². The summed E-state index contributed by atoms with van der Waals surface area (Å²) < 4.78 is 5.44. The number of nitrogens with zero attached hydrogens (tertiary/aromatic N) is 1. The lowest BCUT2D eigenvalue weighted by atomic mass is 10.1. The van der Waals surface area contributed by atoms with Gasteiger partial charge in [0.05, 0.1) is 13.2 Å². The standard InChI is InChI=1S/C10H19NO/c1-4-5-6-11-9(2)7-12-8-10(11)3/h4,9-10H,1,5-8H2,2-3H3. The van der Waals surface area contributed by atoms with E-state index in [9.17, 15) is 0 Å². The van der Waals surface area contributed by atoms with Crippen LogP contribution in [0.25, 0.3) is 0 Å². The van der Waals surface area contributed by atoms with Crippen molar-refractivity contribution in [1.82, 2.24) is 4.90 Å². The van der Waals surface area contributed by atoms with Crippen LogP contribution in [-0.2, 0) is 4.74 Å². The van der Waals surface area contributed by atoms with Gasteiger partial charge in [0, 0.05) is 18.6 Å². The molecule has 1 aliphatic heterocycles. The van der Waals surface area contributed by atoms with Crippen LogP contribution >= 0.6 is 0 Å². The van der Waals surface area contributed by atoms with E-state index >= 15 is 0 Å². The second kappa shape index (κ2) is 4.63. The molecule has 70 valence electrons. The molecule has 0 N–H and O–H groups in total. The van der Waals surface area contributed by atoms with Crippen LogP contribution in [0.3, 0.4) is 0 Å². The normalized spacial score (nSPS) is 31.8. The van der Waals surface area contributed by atoms with E-state index < -0.39 is 0 Å². The molecule has 2 unspecified atom stereocenters. The Hall–Kier alpha value is -0.340. The first kappa shape index (κ1) is 9.75. The van der Waals surface area contributed by atoms with Crippen molar-refractivity contribution in [2.24, 2.45) is 0 Å². The van der Waals surface area contributed by atoms with Crippen molar-refractivity contribution in [2.45, 2.75) is 32.4 Å². The van der Waals surface area contributed by atoms with E-state index in [1.165, 1.54) is 0 Å². The maximum Gasteiger partial charge on any atom is 0.0620 e. The molecule has 0 aromatic carbocycles. The molecule has 0 bridgehead atoms. The maximum atomic E-state index is 5.44. The van der Waals surface area contributed by atoms with E-state index in [1.54, 1.807) is 0 Å². The Morgan fingerprint density at radius 1 is 1.42 bits per heavy atom. The lowest BCUT2D eigenvalue weighted by molar-refractivity contribution is -0.0355. The second-order valence-electron chi connectivity index (χ2n) is 3.55. The van der Waals surface area contributed by atoms with Gasteiger partial charge in [0.2, 0.25) is 0 Å².